The number of para-hydroxylation sites is 1. The number of amides is 1. The van der Waals surface area contributed by atoms with Crippen molar-refractivity contribution in [2.24, 2.45) is 0 Å². The van der Waals surface area contributed by atoms with Gasteiger partial charge in [-0.15, -0.1) is 10.2 Å². The van der Waals surface area contributed by atoms with Crippen LogP contribution >= 0.6 is 0 Å². The van der Waals surface area contributed by atoms with Crippen molar-refractivity contribution in [2.45, 2.75) is 12.1 Å². The third-order valence-corrected chi connectivity index (χ3v) is 5.08. The topological polar surface area (TPSA) is 79.5 Å². The van der Waals surface area contributed by atoms with Gasteiger partial charge in [-0.05, 0) is 23.8 Å². The molecule has 0 unspecified atom stereocenters. The van der Waals surface area contributed by atoms with Gasteiger partial charge >= 0.3 is 0 Å². The Morgan fingerprint density at radius 1 is 0.862 bits per heavy atom. The van der Waals surface area contributed by atoms with Crippen molar-refractivity contribution >= 4 is 11.6 Å². The molecular formula is C23H17N3O3. The number of nitrogens with zero attached hydrogens (tertiary/aromatic N) is 3. The predicted octanol–water partition coefficient (Wildman–Crippen LogP) is 3.52. The highest BCUT2D eigenvalue weighted by Gasteiger charge is 2.55. The Bertz CT molecular complexity index is 1170. The van der Waals surface area contributed by atoms with Crippen LogP contribution in [0.5, 0.6) is 0 Å². The molecule has 1 N–H and O–H groups in total. The minimum Gasteiger partial charge on any atom is -0.417 e. The normalized spacial score (nSPS) is 18.1. The second kappa shape index (κ2) is 6.68. The number of aliphatic hydroxyl groups is 1. The Labute approximate surface area is 167 Å². The van der Waals surface area contributed by atoms with Crippen LogP contribution < -0.4 is 4.90 Å². The molecule has 5 rings (SSSR count). The van der Waals surface area contributed by atoms with E-state index in [0.717, 1.165) is 11.1 Å². The lowest BCUT2D eigenvalue weighted by molar-refractivity contribution is -0.134. The van der Waals surface area contributed by atoms with Crippen LogP contribution in [0.1, 0.15) is 17.0 Å². The lowest BCUT2D eigenvalue weighted by Crippen LogP contribution is -2.41. The molecule has 1 atom stereocenters. The lowest BCUT2D eigenvalue weighted by Gasteiger charge is -2.20. The summed E-state index contributed by atoms with van der Waals surface area (Å²) < 4.78 is 5.76. The molecule has 1 aliphatic heterocycles. The zero-order valence-electron chi connectivity index (χ0n) is 15.4. The number of benzene rings is 3. The van der Waals surface area contributed by atoms with Gasteiger partial charge in [-0.3, -0.25) is 4.79 Å². The first-order valence-corrected chi connectivity index (χ1v) is 9.25. The van der Waals surface area contributed by atoms with Gasteiger partial charge in [0.25, 0.3) is 11.8 Å². The maximum Gasteiger partial charge on any atom is 0.274 e. The smallest absolute Gasteiger partial charge is 0.274 e. The molecule has 0 saturated heterocycles. The molecule has 3 aromatic carbocycles. The van der Waals surface area contributed by atoms with Crippen molar-refractivity contribution in [3.63, 3.8) is 0 Å². The molecule has 0 radical (unpaired) electrons. The SMILES string of the molecule is O=C1N(Cc2ccccc2)c2ccccc2[C@]1(O)c1nnc(-c2ccccc2)o1. The number of aromatic nitrogens is 2. The third-order valence-electron chi connectivity index (χ3n) is 5.08. The number of anilines is 1. The van der Waals surface area contributed by atoms with E-state index in [1.54, 1.807) is 17.0 Å². The van der Waals surface area contributed by atoms with E-state index >= 15 is 0 Å². The van der Waals surface area contributed by atoms with E-state index in [1.165, 1.54) is 0 Å². The van der Waals surface area contributed by atoms with Crippen molar-refractivity contribution in [3.8, 4) is 11.5 Å². The quantitative estimate of drug-likeness (QED) is 0.583. The third kappa shape index (κ3) is 2.73. The van der Waals surface area contributed by atoms with Crippen molar-refractivity contribution in [3.05, 3.63) is 102 Å². The van der Waals surface area contributed by atoms with Gasteiger partial charge in [-0.25, -0.2) is 0 Å². The lowest BCUT2D eigenvalue weighted by atomic mass is 9.95. The summed E-state index contributed by atoms with van der Waals surface area (Å²) in [5.74, 6) is -0.393. The van der Waals surface area contributed by atoms with E-state index in [4.69, 9.17) is 4.42 Å². The van der Waals surface area contributed by atoms with E-state index in [0.29, 0.717) is 17.8 Å². The highest BCUT2D eigenvalue weighted by atomic mass is 16.4. The van der Waals surface area contributed by atoms with Gasteiger partial charge in [0.2, 0.25) is 11.5 Å². The summed E-state index contributed by atoms with van der Waals surface area (Å²) in [5.41, 5.74) is 0.712. The number of hydrogen-bond donors (Lipinski definition) is 1. The summed E-state index contributed by atoms with van der Waals surface area (Å²) in [6.07, 6.45) is 0. The average molecular weight is 383 g/mol. The fraction of sp³-hybridized carbons (Fsp3) is 0.0870. The molecule has 6 heteroatoms. The second-order valence-corrected chi connectivity index (χ2v) is 6.88. The van der Waals surface area contributed by atoms with Gasteiger partial charge < -0.3 is 14.4 Å². The minimum atomic E-state index is -2.02. The molecule has 1 amide bonds. The summed E-state index contributed by atoms with van der Waals surface area (Å²) in [6, 6.07) is 26.0. The molecule has 1 aliphatic rings. The van der Waals surface area contributed by atoms with Gasteiger partial charge in [-0.2, -0.15) is 0 Å². The second-order valence-electron chi connectivity index (χ2n) is 6.88. The number of carbonyl (C=O) groups excluding carboxylic acids is 1. The monoisotopic (exact) mass is 383 g/mol. The molecule has 4 aromatic rings. The maximum atomic E-state index is 13.4. The zero-order valence-corrected chi connectivity index (χ0v) is 15.4. The van der Waals surface area contributed by atoms with Gasteiger partial charge in [0.1, 0.15) is 0 Å². The van der Waals surface area contributed by atoms with E-state index in [2.05, 4.69) is 10.2 Å². The predicted molar refractivity (Wildman–Crippen MR) is 107 cm³/mol. The molecule has 142 valence electrons. The highest BCUT2D eigenvalue weighted by molar-refractivity contribution is 6.08. The van der Waals surface area contributed by atoms with E-state index < -0.39 is 11.5 Å². The number of hydrogen-bond acceptors (Lipinski definition) is 5. The highest BCUT2D eigenvalue weighted by Crippen LogP contribution is 2.44. The molecule has 29 heavy (non-hydrogen) atoms. The standard InChI is InChI=1S/C23H17N3O3/c27-22-23(28,21-25-24-20(29-21)17-11-5-2-6-12-17)18-13-7-8-14-19(18)26(22)15-16-9-3-1-4-10-16/h1-14,28H,15H2/t23-/m0/s1. The van der Waals surface area contributed by atoms with E-state index in [9.17, 15) is 9.90 Å². The van der Waals surface area contributed by atoms with Crippen LogP contribution in [0.3, 0.4) is 0 Å². The summed E-state index contributed by atoms with van der Waals surface area (Å²) in [6.45, 7) is 0.332. The Balaban J connectivity index is 1.58. The first-order chi connectivity index (χ1) is 14.2. The first-order valence-electron chi connectivity index (χ1n) is 9.25. The van der Waals surface area contributed by atoms with Crippen molar-refractivity contribution in [2.75, 3.05) is 4.90 Å². The van der Waals surface area contributed by atoms with Crippen LogP contribution in [0.2, 0.25) is 0 Å². The van der Waals surface area contributed by atoms with Crippen LogP contribution in [0.15, 0.2) is 89.3 Å². The van der Waals surface area contributed by atoms with Gasteiger partial charge in [0, 0.05) is 11.1 Å². The van der Waals surface area contributed by atoms with Crippen molar-refractivity contribution in [1.29, 1.82) is 0 Å². The van der Waals surface area contributed by atoms with Gasteiger partial charge in [0.15, 0.2) is 0 Å². The van der Waals surface area contributed by atoms with E-state index in [-0.39, 0.29) is 11.8 Å². The molecular weight excluding hydrogens is 366 g/mol. The van der Waals surface area contributed by atoms with Crippen LogP contribution in [0, 0.1) is 0 Å². The maximum absolute atomic E-state index is 13.4. The summed E-state index contributed by atoms with van der Waals surface area (Å²) in [5, 5.41) is 19.6. The van der Waals surface area contributed by atoms with Crippen LogP contribution in [-0.4, -0.2) is 21.2 Å². The molecule has 0 spiro atoms. The fourth-order valence-corrected chi connectivity index (χ4v) is 3.63. The molecule has 0 bridgehead atoms. The summed E-state index contributed by atoms with van der Waals surface area (Å²) in [7, 11) is 0. The molecule has 0 saturated carbocycles. The molecule has 6 nitrogen and oxygen atoms in total. The van der Waals surface area contributed by atoms with Crippen molar-refractivity contribution in [1.82, 2.24) is 10.2 Å². The minimum absolute atomic E-state index is 0.135. The Hall–Kier alpha value is -3.77. The molecule has 1 aromatic heterocycles. The number of fused-ring (bicyclic) bond motifs is 1. The largest absolute Gasteiger partial charge is 0.417 e. The number of carbonyl (C=O) groups is 1. The number of rotatable bonds is 4. The Morgan fingerprint density at radius 2 is 1.52 bits per heavy atom. The Morgan fingerprint density at radius 3 is 2.28 bits per heavy atom. The van der Waals surface area contributed by atoms with Crippen molar-refractivity contribution < 1.29 is 14.3 Å². The Kier molecular flexibility index (Phi) is 4.00. The van der Waals surface area contributed by atoms with Crippen LogP contribution in [0.4, 0.5) is 5.69 Å². The molecule has 2 heterocycles. The van der Waals surface area contributed by atoms with Gasteiger partial charge in [-0.1, -0.05) is 66.7 Å². The summed E-state index contributed by atoms with van der Waals surface area (Å²) in [4.78, 5) is 14.9. The molecule has 0 aliphatic carbocycles. The van der Waals surface area contributed by atoms with Crippen LogP contribution in [-0.2, 0) is 16.9 Å². The first kappa shape index (κ1) is 17.3. The molecule has 0 fully saturated rings. The van der Waals surface area contributed by atoms with Gasteiger partial charge in [0.05, 0.1) is 12.2 Å². The van der Waals surface area contributed by atoms with E-state index in [1.807, 2.05) is 72.8 Å². The summed E-state index contributed by atoms with van der Waals surface area (Å²) >= 11 is 0. The van der Waals surface area contributed by atoms with Crippen LogP contribution in [0.25, 0.3) is 11.5 Å². The zero-order chi connectivity index (χ0) is 19.8. The average Bonchev–Trinajstić information content (AvgIpc) is 3.35. The fourth-order valence-electron chi connectivity index (χ4n) is 3.63.